The van der Waals surface area contributed by atoms with E-state index in [2.05, 4.69) is 10.2 Å². The topological polar surface area (TPSA) is 48.7 Å². The Morgan fingerprint density at radius 3 is 2.43 bits per heavy atom. The first-order valence-electron chi connectivity index (χ1n) is 6.82. The number of halogens is 1. The molecular weight excluding hydrogens is 273 g/mol. The van der Waals surface area contributed by atoms with Gasteiger partial charge in [0.05, 0.1) is 6.26 Å². The molecular formula is C15H16FN3O2. The highest BCUT2D eigenvalue weighted by Gasteiger charge is 2.21. The minimum atomic E-state index is -0.241. The van der Waals surface area contributed by atoms with Gasteiger partial charge in [-0.25, -0.2) is 9.18 Å². The summed E-state index contributed by atoms with van der Waals surface area (Å²) in [5, 5.41) is 2.71. The number of anilines is 2. The number of benzene rings is 1. The Balaban J connectivity index is 1.55. The molecule has 1 saturated heterocycles. The molecule has 0 radical (unpaired) electrons. The zero-order chi connectivity index (χ0) is 14.7. The number of carbonyl (C=O) groups excluding carboxylic acids is 1. The first-order chi connectivity index (χ1) is 10.2. The van der Waals surface area contributed by atoms with Crippen LogP contribution < -0.4 is 10.2 Å². The van der Waals surface area contributed by atoms with Crippen LogP contribution in [0, 0.1) is 5.82 Å². The van der Waals surface area contributed by atoms with Gasteiger partial charge >= 0.3 is 6.03 Å². The molecule has 110 valence electrons. The second kappa shape index (κ2) is 5.87. The normalized spacial score (nSPS) is 15.1. The minimum absolute atomic E-state index is 0.163. The molecule has 0 saturated carbocycles. The molecule has 21 heavy (non-hydrogen) atoms. The molecule has 1 aromatic carbocycles. The summed E-state index contributed by atoms with van der Waals surface area (Å²) in [5.41, 5.74) is 0.975. The molecule has 5 nitrogen and oxygen atoms in total. The quantitative estimate of drug-likeness (QED) is 0.925. The maximum atomic E-state index is 12.9. The van der Waals surface area contributed by atoms with Crippen molar-refractivity contribution in [3.8, 4) is 0 Å². The van der Waals surface area contributed by atoms with Crippen LogP contribution in [0.15, 0.2) is 47.1 Å². The lowest BCUT2D eigenvalue weighted by Crippen LogP contribution is -2.50. The molecule has 2 amide bonds. The summed E-state index contributed by atoms with van der Waals surface area (Å²) >= 11 is 0. The number of hydrogen-bond acceptors (Lipinski definition) is 3. The second-order valence-electron chi connectivity index (χ2n) is 4.86. The van der Waals surface area contributed by atoms with Crippen LogP contribution in [0.5, 0.6) is 0 Å². The lowest BCUT2D eigenvalue weighted by molar-refractivity contribution is 0.207. The number of nitrogens with one attached hydrogen (secondary N) is 1. The molecule has 1 aliphatic rings. The molecule has 6 heteroatoms. The van der Waals surface area contributed by atoms with Crippen LogP contribution in [-0.4, -0.2) is 37.1 Å². The number of nitrogens with zero attached hydrogens (tertiary/aromatic N) is 2. The van der Waals surface area contributed by atoms with E-state index in [-0.39, 0.29) is 11.8 Å². The molecule has 1 aliphatic heterocycles. The highest BCUT2D eigenvalue weighted by atomic mass is 19.1. The summed E-state index contributed by atoms with van der Waals surface area (Å²) in [6, 6.07) is 9.68. The maximum absolute atomic E-state index is 12.9. The van der Waals surface area contributed by atoms with Crippen molar-refractivity contribution in [3.63, 3.8) is 0 Å². The third-order valence-corrected chi connectivity index (χ3v) is 3.51. The standard InChI is InChI=1S/C15H16FN3O2/c16-12-3-5-13(6-4-12)18-7-9-19(10-8-18)15(20)17-14-2-1-11-21-14/h1-6,11H,7-10H2,(H,17,20). The lowest BCUT2D eigenvalue weighted by atomic mass is 10.2. The Hall–Kier alpha value is -2.50. The number of rotatable bonds is 2. The van der Waals surface area contributed by atoms with Crippen molar-refractivity contribution in [2.24, 2.45) is 0 Å². The number of amides is 2. The predicted molar refractivity (Wildman–Crippen MR) is 77.9 cm³/mol. The predicted octanol–water partition coefficient (Wildman–Crippen LogP) is 2.77. The van der Waals surface area contributed by atoms with Crippen LogP contribution in [0.2, 0.25) is 0 Å². The summed E-state index contributed by atoms with van der Waals surface area (Å²) in [6.45, 7) is 2.67. The fourth-order valence-corrected chi connectivity index (χ4v) is 2.35. The summed E-state index contributed by atoms with van der Waals surface area (Å²) in [6.07, 6.45) is 1.52. The average Bonchev–Trinajstić information content (AvgIpc) is 3.01. The van der Waals surface area contributed by atoms with Gasteiger partial charge in [-0.15, -0.1) is 0 Å². The molecule has 0 unspecified atom stereocenters. The zero-order valence-electron chi connectivity index (χ0n) is 11.5. The molecule has 3 rings (SSSR count). The zero-order valence-corrected chi connectivity index (χ0v) is 11.5. The molecule has 1 aromatic heterocycles. The van der Waals surface area contributed by atoms with Gasteiger partial charge in [0.25, 0.3) is 0 Å². The summed E-state index contributed by atoms with van der Waals surface area (Å²) < 4.78 is 18.0. The van der Waals surface area contributed by atoms with Crippen LogP contribution in [0.4, 0.5) is 20.8 Å². The number of urea groups is 1. The molecule has 0 atom stereocenters. The van der Waals surface area contributed by atoms with E-state index < -0.39 is 0 Å². The number of hydrogen-bond donors (Lipinski definition) is 1. The van der Waals surface area contributed by atoms with E-state index in [1.165, 1.54) is 18.4 Å². The summed E-state index contributed by atoms with van der Waals surface area (Å²) in [4.78, 5) is 15.9. The first-order valence-corrected chi connectivity index (χ1v) is 6.82. The summed E-state index contributed by atoms with van der Waals surface area (Å²) in [7, 11) is 0. The number of piperazine rings is 1. The van der Waals surface area contributed by atoms with E-state index in [0.29, 0.717) is 19.0 Å². The van der Waals surface area contributed by atoms with Gasteiger partial charge in [0, 0.05) is 37.9 Å². The van der Waals surface area contributed by atoms with E-state index in [0.717, 1.165) is 18.8 Å². The monoisotopic (exact) mass is 289 g/mol. The van der Waals surface area contributed by atoms with Gasteiger partial charge in [0.1, 0.15) is 5.82 Å². The third kappa shape index (κ3) is 3.16. The van der Waals surface area contributed by atoms with Gasteiger partial charge < -0.3 is 14.2 Å². The van der Waals surface area contributed by atoms with Gasteiger partial charge in [0.15, 0.2) is 0 Å². The molecule has 0 bridgehead atoms. The van der Waals surface area contributed by atoms with E-state index >= 15 is 0 Å². The second-order valence-corrected chi connectivity index (χ2v) is 4.86. The Morgan fingerprint density at radius 1 is 1.10 bits per heavy atom. The van der Waals surface area contributed by atoms with Gasteiger partial charge in [-0.05, 0) is 30.3 Å². The van der Waals surface area contributed by atoms with Crippen LogP contribution in [0.25, 0.3) is 0 Å². The van der Waals surface area contributed by atoms with Crippen molar-refractivity contribution < 1.29 is 13.6 Å². The minimum Gasteiger partial charge on any atom is -0.449 e. The van der Waals surface area contributed by atoms with E-state index in [1.807, 2.05) is 0 Å². The molecule has 0 aliphatic carbocycles. The Morgan fingerprint density at radius 2 is 1.81 bits per heavy atom. The number of furan rings is 1. The average molecular weight is 289 g/mol. The Bertz CT molecular complexity index is 590. The smallest absolute Gasteiger partial charge is 0.324 e. The Kier molecular flexibility index (Phi) is 3.77. The fraction of sp³-hybridized carbons (Fsp3) is 0.267. The van der Waals surface area contributed by atoms with Crippen molar-refractivity contribution in [2.75, 3.05) is 36.4 Å². The van der Waals surface area contributed by atoms with Crippen LogP contribution in [-0.2, 0) is 0 Å². The third-order valence-electron chi connectivity index (χ3n) is 3.51. The molecule has 1 N–H and O–H groups in total. The van der Waals surface area contributed by atoms with Gasteiger partial charge in [-0.3, -0.25) is 5.32 Å². The number of carbonyl (C=O) groups is 1. The van der Waals surface area contributed by atoms with Crippen molar-refractivity contribution in [3.05, 3.63) is 48.5 Å². The van der Waals surface area contributed by atoms with Crippen molar-refractivity contribution in [1.29, 1.82) is 0 Å². The van der Waals surface area contributed by atoms with Crippen LogP contribution in [0.3, 0.4) is 0 Å². The van der Waals surface area contributed by atoms with E-state index in [4.69, 9.17) is 4.42 Å². The van der Waals surface area contributed by atoms with Crippen molar-refractivity contribution >= 4 is 17.6 Å². The first kappa shape index (κ1) is 13.5. The largest absolute Gasteiger partial charge is 0.449 e. The molecule has 2 aromatic rings. The van der Waals surface area contributed by atoms with Gasteiger partial charge in [0.2, 0.25) is 5.88 Å². The molecule has 0 spiro atoms. The van der Waals surface area contributed by atoms with E-state index in [9.17, 15) is 9.18 Å². The van der Waals surface area contributed by atoms with Crippen LogP contribution >= 0.6 is 0 Å². The van der Waals surface area contributed by atoms with Gasteiger partial charge in [-0.1, -0.05) is 0 Å². The highest BCUT2D eigenvalue weighted by Crippen LogP contribution is 2.17. The fourth-order valence-electron chi connectivity index (χ4n) is 2.35. The van der Waals surface area contributed by atoms with Gasteiger partial charge in [-0.2, -0.15) is 0 Å². The SMILES string of the molecule is O=C(Nc1ccco1)N1CCN(c2ccc(F)cc2)CC1. The lowest BCUT2D eigenvalue weighted by Gasteiger charge is -2.35. The highest BCUT2D eigenvalue weighted by molar-refractivity contribution is 5.88. The van der Waals surface area contributed by atoms with E-state index in [1.54, 1.807) is 29.2 Å². The Labute approximate surface area is 121 Å². The van der Waals surface area contributed by atoms with Crippen molar-refractivity contribution in [2.45, 2.75) is 0 Å². The summed E-state index contributed by atoms with van der Waals surface area (Å²) in [5.74, 6) is 0.205. The molecule has 2 heterocycles. The van der Waals surface area contributed by atoms with Crippen molar-refractivity contribution in [1.82, 2.24) is 4.90 Å². The molecule has 1 fully saturated rings. The van der Waals surface area contributed by atoms with Crippen LogP contribution in [0.1, 0.15) is 0 Å². The maximum Gasteiger partial charge on any atom is 0.324 e.